The van der Waals surface area contributed by atoms with Gasteiger partial charge in [-0.05, 0) is 41.2 Å². The van der Waals surface area contributed by atoms with Crippen LogP contribution in [0.15, 0.2) is 78.9 Å². The van der Waals surface area contributed by atoms with Crippen LogP contribution in [0.4, 0.5) is 5.69 Å². The summed E-state index contributed by atoms with van der Waals surface area (Å²) in [5.74, 6) is -0.767. The quantitative estimate of drug-likeness (QED) is 0.238. The molecule has 3 aromatic rings. The van der Waals surface area contributed by atoms with Crippen molar-refractivity contribution in [1.82, 2.24) is 10.2 Å². The first-order chi connectivity index (χ1) is 19.5. The fourth-order valence-corrected chi connectivity index (χ4v) is 5.73. The standard InChI is InChI=1S/C32H40ClN3O4S/c1-5-6-20-34-32(38)30(21-25-14-8-7-9-15-25)35(22-26-16-10-12-18-28(26)33)31(37)23-36(41(4,39)40)29-19-13-11-17-27(29)24(2)3/h7-19,24,30H,5-6,20-23H2,1-4H3,(H,34,38)/t30-/m0/s1. The van der Waals surface area contributed by atoms with Gasteiger partial charge in [0.2, 0.25) is 21.8 Å². The van der Waals surface area contributed by atoms with E-state index in [0.29, 0.717) is 22.8 Å². The van der Waals surface area contributed by atoms with Crippen LogP contribution in [0.3, 0.4) is 0 Å². The molecule has 0 spiro atoms. The summed E-state index contributed by atoms with van der Waals surface area (Å²) in [6.45, 7) is 6.05. The minimum absolute atomic E-state index is 0.0277. The maximum atomic E-state index is 14.2. The lowest BCUT2D eigenvalue weighted by molar-refractivity contribution is -0.140. The van der Waals surface area contributed by atoms with Crippen LogP contribution in [0.2, 0.25) is 5.02 Å². The third-order valence-electron chi connectivity index (χ3n) is 6.91. The summed E-state index contributed by atoms with van der Waals surface area (Å²) < 4.78 is 27.3. The predicted molar refractivity (Wildman–Crippen MR) is 167 cm³/mol. The van der Waals surface area contributed by atoms with E-state index in [2.05, 4.69) is 5.32 Å². The van der Waals surface area contributed by atoms with Crippen molar-refractivity contribution in [3.8, 4) is 0 Å². The van der Waals surface area contributed by atoms with Gasteiger partial charge in [0.25, 0.3) is 0 Å². The van der Waals surface area contributed by atoms with Crippen molar-refractivity contribution in [2.45, 2.75) is 58.5 Å². The first-order valence-electron chi connectivity index (χ1n) is 13.9. The molecule has 2 amide bonds. The molecule has 0 radical (unpaired) electrons. The van der Waals surface area contributed by atoms with E-state index in [0.717, 1.165) is 34.5 Å². The summed E-state index contributed by atoms with van der Waals surface area (Å²) in [6.07, 6.45) is 3.06. The molecule has 0 aliphatic heterocycles. The minimum Gasteiger partial charge on any atom is -0.354 e. The second-order valence-corrected chi connectivity index (χ2v) is 12.8. The van der Waals surface area contributed by atoms with Crippen molar-refractivity contribution in [1.29, 1.82) is 0 Å². The molecule has 3 rings (SSSR count). The van der Waals surface area contributed by atoms with Crippen LogP contribution in [-0.4, -0.2) is 50.5 Å². The average Bonchev–Trinajstić information content (AvgIpc) is 2.94. The molecule has 7 nitrogen and oxygen atoms in total. The molecule has 1 atom stereocenters. The Bertz CT molecular complexity index is 1410. The third kappa shape index (κ3) is 9.07. The van der Waals surface area contributed by atoms with Crippen molar-refractivity contribution >= 4 is 39.1 Å². The lowest BCUT2D eigenvalue weighted by atomic mass is 10.0. The summed E-state index contributed by atoms with van der Waals surface area (Å²) in [5.41, 5.74) is 2.80. The van der Waals surface area contributed by atoms with Gasteiger partial charge in [0.1, 0.15) is 12.6 Å². The van der Waals surface area contributed by atoms with Gasteiger partial charge >= 0.3 is 0 Å². The maximum absolute atomic E-state index is 14.2. The number of unbranched alkanes of at least 4 members (excludes halogenated alkanes) is 1. The van der Waals surface area contributed by atoms with E-state index in [-0.39, 0.29) is 24.8 Å². The van der Waals surface area contributed by atoms with Gasteiger partial charge in [-0.25, -0.2) is 8.42 Å². The number of hydrogen-bond donors (Lipinski definition) is 1. The molecule has 0 aliphatic carbocycles. The monoisotopic (exact) mass is 597 g/mol. The number of carbonyl (C=O) groups excluding carboxylic acids is 2. The highest BCUT2D eigenvalue weighted by atomic mass is 35.5. The van der Waals surface area contributed by atoms with E-state index in [1.807, 2.05) is 69.3 Å². The van der Waals surface area contributed by atoms with Crippen molar-refractivity contribution < 1.29 is 18.0 Å². The van der Waals surface area contributed by atoms with Crippen molar-refractivity contribution in [3.63, 3.8) is 0 Å². The van der Waals surface area contributed by atoms with Gasteiger partial charge < -0.3 is 10.2 Å². The Hall–Kier alpha value is -3.36. The van der Waals surface area contributed by atoms with Crippen LogP contribution >= 0.6 is 11.6 Å². The van der Waals surface area contributed by atoms with Gasteiger partial charge in [-0.1, -0.05) is 106 Å². The van der Waals surface area contributed by atoms with Gasteiger partial charge in [0.15, 0.2) is 0 Å². The highest BCUT2D eigenvalue weighted by Gasteiger charge is 2.33. The average molecular weight is 598 g/mol. The minimum atomic E-state index is -3.85. The molecule has 41 heavy (non-hydrogen) atoms. The Kier molecular flexibility index (Phi) is 11.8. The number of benzene rings is 3. The first kappa shape index (κ1) is 32.2. The molecule has 0 aliphatic rings. The van der Waals surface area contributed by atoms with Gasteiger partial charge in [0.05, 0.1) is 11.9 Å². The van der Waals surface area contributed by atoms with Crippen LogP contribution in [0.5, 0.6) is 0 Å². The van der Waals surface area contributed by atoms with E-state index in [4.69, 9.17) is 11.6 Å². The fourth-order valence-electron chi connectivity index (χ4n) is 4.67. The number of rotatable bonds is 14. The number of nitrogens with zero attached hydrogens (tertiary/aromatic N) is 2. The second-order valence-electron chi connectivity index (χ2n) is 10.4. The number of carbonyl (C=O) groups is 2. The number of amides is 2. The summed E-state index contributed by atoms with van der Waals surface area (Å²) in [5, 5.41) is 3.44. The van der Waals surface area contributed by atoms with E-state index in [9.17, 15) is 18.0 Å². The largest absolute Gasteiger partial charge is 0.354 e. The van der Waals surface area contributed by atoms with Crippen LogP contribution < -0.4 is 9.62 Å². The number of sulfonamides is 1. The topological polar surface area (TPSA) is 86.8 Å². The molecule has 0 saturated carbocycles. The molecular weight excluding hydrogens is 558 g/mol. The van der Waals surface area contributed by atoms with Crippen LogP contribution in [0.25, 0.3) is 0 Å². The van der Waals surface area contributed by atoms with Crippen LogP contribution in [0.1, 0.15) is 56.2 Å². The second kappa shape index (κ2) is 15.0. The normalized spacial score (nSPS) is 12.1. The molecule has 0 aromatic heterocycles. The Morgan fingerprint density at radius 3 is 2.20 bits per heavy atom. The third-order valence-corrected chi connectivity index (χ3v) is 8.40. The van der Waals surface area contributed by atoms with E-state index in [1.54, 1.807) is 30.3 Å². The Balaban J connectivity index is 2.08. The van der Waals surface area contributed by atoms with Crippen LogP contribution in [-0.2, 0) is 32.6 Å². The number of anilines is 1. The van der Waals surface area contributed by atoms with Gasteiger partial charge in [0, 0.05) is 24.5 Å². The van der Waals surface area contributed by atoms with Crippen molar-refractivity contribution in [3.05, 3.63) is 101 Å². The Morgan fingerprint density at radius 1 is 0.927 bits per heavy atom. The lowest BCUT2D eigenvalue weighted by Gasteiger charge is -2.34. The Morgan fingerprint density at radius 2 is 1.56 bits per heavy atom. The fraction of sp³-hybridized carbons (Fsp3) is 0.375. The highest BCUT2D eigenvalue weighted by Crippen LogP contribution is 2.29. The Labute approximate surface area is 249 Å². The summed E-state index contributed by atoms with van der Waals surface area (Å²) in [6, 6.07) is 22.9. The number of para-hydroxylation sites is 1. The molecule has 0 heterocycles. The van der Waals surface area contributed by atoms with Crippen molar-refractivity contribution in [2.75, 3.05) is 23.7 Å². The molecular formula is C32H40ClN3O4S. The van der Waals surface area contributed by atoms with Gasteiger partial charge in [-0.15, -0.1) is 0 Å². The number of nitrogens with one attached hydrogen (secondary N) is 1. The molecule has 220 valence electrons. The number of hydrogen-bond acceptors (Lipinski definition) is 4. The molecule has 0 bridgehead atoms. The molecule has 0 fully saturated rings. The highest BCUT2D eigenvalue weighted by molar-refractivity contribution is 7.92. The van der Waals surface area contributed by atoms with Crippen LogP contribution in [0, 0.1) is 0 Å². The summed E-state index contributed by atoms with van der Waals surface area (Å²) in [7, 11) is -3.85. The molecule has 0 saturated heterocycles. The van der Waals surface area contributed by atoms with E-state index >= 15 is 0 Å². The van der Waals surface area contributed by atoms with Crippen molar-refractivity contribution in [2.24, 2.45) is 0 Å². The van der Waals surface area contributed by atoms with E-state index < -0.39 is 28.5 Å². The predicted octanol–water partition coefficient (Wildman–Crippen LogP) is 5.79. The zero-order valence-electron chi connectivity index (χ0n) is 24.2. The summed E-state index contributed by atoms with van der Waals surface area (Å²) >= 11 is 6.50. The lowest BCUT2D eigenvalue weighted by Crippen LogP contribution is -2.53. The SMILES string of the molecule is CCCCNC(=O)[C@H](Cc1ccccc1)N(Cc1ccccc1Cl)C(=O)CN(c1ccccc1C(C)C)S(C)(=O)=O. The maximum Gasteiger partial charge on any atom is 0.244 e. The van der Waals surface area contributed by atoms with E-state index in [1.165, 1.54) is 4.90 Å². The van der Waals surface area contributed by atoms with Gasteiger partial charge in [-0.3, -0.25) is 13.9 Å². The summed E-state index contributed by atoms with van der Waals surface area (Å²) in [4.78, 5) is 29.4. The number of halogens is 1. The zero-order chi connectivity index (χ0) is 30.0. The molecule has 9 heteroatoms. The van der Waals surface area contributed by atoms with Gasteiger partial charge in [-0.2, -0.15) is 0 Å². The molecule has 0 unspecified atom stereocenters. The zero-order valence-corrected chi connectivity index (χ0v) is 25.8. The molecule has 1 N–H and O–H groups in total. The smallest absolute Gasteiger partial charge is 0.244 e. The molecule has 3 aromatic carbocycles. The first-order valence-corrected chi connectivity index (χ1v) is 16.2.